The molecule has 6 nitrogen and oxygen atoms in total. The van der Waals surface area contributed by atoms with Crippen LogP contribution in [0, 0.1) is 5.41 Å². The first-order chi connectivity index (χ1) is 9.06. The Balaban J connectivity index is 2.46. The molecule has 19 heavy (non-hydrogen) atoms. The third-order valence-electron chi connectivity index (χ3n) is 3.94. The molecule has 0 radical (unpaired) electrons. The van der Waals surface area contributed by atoms with E-state index in [-0.39, 0.29) is 11.0 Å². The first-order valence-electron chi connectivity index (χ1n) is 6.43. The number of hydrogen-bond acceptors (Lipinski definition) is 5. The summed E-state index contributed by atoms with van der Waals surface area (Å²) < 4.78 is 2.99. The summed E-state index contributed by atoms with van der Waals surface area (Å²) in [6, 6.07) is 0. The molecule has 0 N–H and O–H groups in total. The van der Waals surface area contributed by atoms with Gasteiger partial charge < -0.3 is 0 Å². The lowest BCUT2D eigenvalue weighted by molar-refractivity contribution is 0.238. The van der Waals surface area contributed by atoms with Crippen molar-refractivity contribution in [2.75, 3.05) is 5.75 Å². The molecule has 0 bridgehead atoms. The molecule has 2 aromatic heterocycles. The van der Waals surface area contributed by atoms with Gasteiger partial charge in [-0.15, -0.1) is 5.10 Å². The second-order valence-corrected chi connectivity index (χ2v) is 5.24. The SMILES string of the molecule is CCC(CC)(CS)Cn1nnc2c(cnn2C)c1=O. The normalized spacial score (nSPS) is 12.2. The van der Waals surface area contributed by atoms with Gasteiger partial charge >= 0.3 is 0 Å². The van der Waals surface area contributed by atoms with Crippen molar-refractivity contribution in [3.05, 3.63) is 16.6 Å². The van der Waals surface area contributed by atoms with Gasteiger partial charge in [0.25, 0.3) is 5.56 Å². The largest absolute Gasteiger partial charge is 0.280 e. The smallest absolute Gasteiger partial charge is 0.267 e. The predicted octanol–water partition coefficient (Wildman–Crippen LogP) is 1.26. The van der Waals surface area contributed by atoms with E-state index < -0.39 is 0 Å². The van der Waals surface area contributed by atoms with E-state index in [9.17, 15) is 4.79 Å². The average Bonchev–Trinajstić information content (AvgIpc) is 2.81. The number of rotatable bonds is 5. The zero-order chi connectivity index (χ0) is 14.0. The van der Waals surface area contributed by atoms with E-state index in [0.29, 0.717) is 17.6 Å². The summed E-state index contributed by atoms with van der Waals surface area (Å²) in [5.74, 6) is 0.721. The van der Waals surface area contributed by atoms with Crippen molar-refractivity contribution in [2.24, 2.45) is 12.5 Å². The zero-order valence-electron chi connectivity index (χ0n) is 11.5. The summed E-state index contributed by atoms with van der Waals surface area (Å²) in [5, 5.41) is 12.7. The van der Waals surface area contributed by atoms with Crippen LogP contribution in [0.3, 0.4) is 0 Å². The standard InChI is InChI=1S/C12H19N5OS/c1-4-12(5-2,8-19)7-17-11(18)9-6-13-16(3)10(9)14-15-17/h6,19H,4-5,7-8H2,1-3H3. The quantitative estimate of drug-likeness (QED) is 0.838. The summed E-state index contributed by atoms with van der Waals surface area (Å²) in [6.45, 7) is 4.77. The number of hydrogen-bond donors (Lipinski definition) is 1. The van der Waals surface area contributed by atoms with E-state index in [1.54, 1.807) is 17.9 Å². The Morgan fingerprint density at radius 3 is 2.63 bits per heavy atom. The first-order valence-corrected chi connectivity index (χ1v) is 7.06. The topological polar surface area (TPSA) is 65.6 Å². The van der Waals surface area contributed by atoms with Crippen molar-refractivity contribution in [3.63, 3.8) is 0 Å². The number of aromatic nitrogens is 5. The van der Waals surface area contributed by atoms with Crippen LogP contribution in [0.2, 0.25) is 0 Å². The minimum absolute atomic E-state index is 0.0164. The van der Waals surface area contributed by atoms with Crippen molar-refractivity contribution < 1.29 is 0 Å². The Hall–Kier alpha value is -1.37. The maximum atomic E-state index is 12.3. The van der Waals surface area contributed by atoms with Crippen LogP contribution in [-0.4, -0.2) is 30.5 Å². The summed E-state index contributed by atoms with van der Waals surface area (Å²) in [4.78, 5) is 12.3. The second kappa shape index (κ2) is 5.32. The summed E-state index contributed by atoms with van der Waals surface area (Å²) in [7, 11) is 1.75. The molecule has 0 aliphatic rings. The summed E-state index contributed by atoms with van der Waals surface area (Å²) in [5.41, 5.74) is 0.370. The molecule has 0 saturated carbocycles. The van der Waals surface area contributed by atoms with Crippen LogP contribution >= 0.6 is 12.6 Å². The van der Waals surface area contributed by atoms with E-state index in [4.69, 9.17) is 0 Å². The maximum Gasteiger partial charge on any atom is 0.280 e. The van der Waals surface area contributed by atoms with Crippen molar-refractivity contribution in [1.29, 1.82) is 0 Å². The molecule has 0 saturated heterocycles. The fourth-order valence-electron chi connectivity index (χ4n) is 2.14. The molecule has 2 aromatic rings. The monoisotopic (exact) mass is 281 g/mol. The molecule has 0 aliphatic carbocycles. The summed E-state index contributed by atoms with van der Waals surface area (Å²) >= 11 is 4.42. The van der Waals surface area contributed by atoms with Crippen molar-refractivity contribution in [3.8, 4) is 0 Å². The third-order valence-corrected chi connectivity index (χ3v) is 4.61. The molecule has 2 rings (SSSR count). The van der Waals surface area contributed by atoms with Crippen LogP contribution in [0.1, 0.15) is 26.7 Å². The van der Waals surface area contributed by atoms with E-state index in [0.717, 1.165) is 18.6 Å². The van der Waals surface area contributed by atoms with Crippen LogP contribution in [0.25, 0.3) is 11.0 Å². The van der Waals surface area contributed by atoms with Gasteiger partial charge in [0.2, 0.25) is 0 Å². The Bertz CT molecular complexity index is 620. The number of fused-ring (bicyclic) bond motifs is 1. The lowest BCUT2D eigenvalue weighted by atomic mass is 9.84. The molecule has 0 aromatic carbocycles. The highest BCUT2D eigenvalue weighted by molar-refractivity contribution is 7.80. The average molecular weight is 281 g/mol. The molecule has 0 atom stereocenters. The van der Waals surface area contributed by atoms with Gasteiger partial charge in [-0.1, -0.05) is 19.1 Å². The molecular formula is C12H19N5OS. The highest BCUT2D eigenvalue weighted by atomic mass is 32.1. The Kier molecular flexibility index (Phi) is 3.93. The van der Waals surface area contributed by atoms with Crippen molar-refractivity contribution >= 4 is 23.7 Å². The van der Waals surface area contributed by atoms with Gasteiger partial charge in [0.05, 0.1) is 12.7 Å². The molecule has 0 unspecified atom stereocenters. The maximum absolute atomic E-state index is 12.3. The Labute approximate surface area is 117 Å². The molecule has 2 heterocycles. The molecule has 0 fully saturated rings. The van der Waals surface area contributed by atoms with E-state index in [1.165, 1.54) is 4.68 Å². The first kappa shape index (κ1) is 14.0. The fourth-order valence-corrected chi connectivity index (χ4v) is 2.69. The van der Waals surface area contributed by atoms with Crippen molar-refractivity contribution in [2.45, 2.75) is 33.2 Å². The van der Waals surface area contributed by atoms with Crippen LogP contribution in [0.4, 0.5) is 0 Å². The Morgan fingerprint density at radius 1 is 1.37 bits per heavy atom. The highest BCUT2D eigenvalue weighted by Crippen LogP contribution is 2.29. The lowest BCUT2D eigenvalue weighted by Crippen LogP contribution is -2.35. The molecular weight excluding hydrogens is 262 g/mol. The van der Waals surface area contributed by atoms with Gasteiger partial charge in [-0.2, -0.15) is 17.7 Å². The highest BCUT2D eigenvalue weighted by Gasteiger charge is 2.26. The number of aryl methyl sites for hydroxylation is 1. The minimum Gasteiger partial charge on any atom is -0.267 e. The number of nitrogens with zero attached hydrogens (tertiary/aromatic N) is 5. The molecule has 104 valence electrons. The molecule has 7 heteroatoms. The van der Waals surface area contributed by atoms with Gasteiger partial charge in [-0.05, 0) is 24.0 Å². The van der Waals surface area contributed by atoms with Gasteiger partial charge in [-0.25, -0.2) is 9.36 Å². The lowest BCUT2D eigenvalue weighted by Gasteiger charge is -2.29. The van der Waals surface area contributed by atoms with Crippen LogP contribution in [0.5, 0.6) is 0 Å². The van der Waals surface area contributed by atoms with Crippen LogP contribution in [-0.2, 0) is 13.6 Å². The van der Waals surface area contributed by atoms with Gasteiger partial charge in [0.1, 0.15) is 5.39 Å². The Morgan fingerprint density at radius 2 is 2.05 bits per heavy atom. The van der Waals surface area contributed by atoms with E-state index >= 15 is 0 Å². The van der Waals surface area contributed by atoms with Crippen LogP contribution in [0.15, 0.2) is 11.0 Å². The summed E-state index contributed by atoms with van der Waals surface area (Å²) in [6.07, 6.45) is 3.45. The third kappa shape index (κ3) is 2.39. The van der Waals surface area contributed by atoms with Crippen LogP contribution < -0.4 is 5.56 Å². The molecule has 0 aliphatic heterocycles. The number of thiol groups is 1. The van der Waals surface area contributed by atoms with Crippen molar-refractivity contribution in [1.82, 2.24) is 24.8 Å². The molecule has 0 amide bonds. The minimum atomic E-state index is -0.133. The van der Waals surface area contributed by atoms with E-state index in [2.05, 4.69) is 41.9 Å². The fraction of sp³-hybridized carbons (Fsp3) is 0.667. The molecule has 0 spiro atoms. The second-order valence-electron chi connectivity index (χ2n) is 4.92. The predicted molar refractivity (Wildman–Crippen MR) is 77.4 cm³/mol. The van der Waals surface area contributed by atoms with Gasteiger partial charge in [0, 0.05) is 7.05 Å². The zero-order valence-corrected chi connectivity index (χ0v) is 12.4. The van der Waals surface area contributed by atoms with Gasteiger partial charge in [-0.3, -0.25) is 4.79 Å². The van der Waals surface area contributed by atoms with E-state index in [1.807, 2.05) is 0 Å². The van der Waals surface area contributed by atoms with Gasteiger partial charge in [0.15, 0.2) is 5.65 Å².